The molecule has 0 amide bonds. The summed E-state index contributed by atoms with van der Waals surface area (Å²) in [4.78, 5) is 22.0. The van der Waals surface area contributed by atoms with Gasteiger partial charge in [-0.2, -0.15) is 4.31 Å². The van der Waals surface area contributed by atoms with Crippen molar-refractivity contribution in [2.24, 2.45) is 0 Å². The van der Waals surface area contributed by atoms with Crippen molar-refractivity contribution >= 4 is 21.8 Å². The Bertz CT molecular complexity index is 594. The molecular formula is C12H15NO5S. The first-order valence-corrected chi connectivity index (χ1v) is 7.04. The second kappa shape index (κ2) is 5.94. The fourth-order valence-corrected chi connectivity index (χ4v) is 2.66. The summed E-state index contributed by atoms with van der Waals surface area (Å²) in [6.07, 6.45) is 0.272. The molecule has 0 aliphatic heterocycles. The van der Waals surface area contributed by atoms with E-state index in [1.807, 2.05) is 0 Å². The fraction of sp³-hybridized carbons (Fsp3) is 0.333. The number of carbonyl (C=O) groups is 2. The molecule has 0 aromatic heterocycles. The molecule has 0 heterocycles. The Labute approximate surface area is 111 Å². The molecule has 0 atom stereocenters. The number of Topliss-reactive ketones (excluding diaryl/α,β-unsaturated/α-hetero) is 1. The minimum atomic E-state index is -3.90. The van der Waals surface area contributed by atoms with Crippen LogP contribution >= 0.6 is 0 Å². The Hall–Kier alpha value is -1.73. The zero-order chi connectivity index (χ0) is 14.6. The van der Waals surface area contributed by atoms with Gasteiger partial charge < -0.3 is 5.11 Å². The van der Waals surface area contributed by atoms with Crippen LogP contribution in [0.25, 0.3) is 0 Å². The molecule has 0 spiro atoms. The molecule has 0 aliphatic rings. The van der Waals surface area contributed by atoms with Crippen molar-refractivity contribution in [1.82, 2.24) is 4.31 Å². The first kappa shape index (κ1) is 15.3. The summed E-state index contributed by atoms with van der Waals surface area (Å²) in [5, 5.41) is 8.61. The number of carbonyl (C=O) groups excluding carboxylic acids is 1. The lowest BCUT2D eigenvalue weighted by atomic mass is 10.1. The van der Waals surface area contributed by atoms with Crippen LogP contribution in [0.4, 0.5) is 0 Å². The molecule has 0 unspecified atom stereocenters. The van der Waals surface area contributed by atoms with Crippen molar-refractivity contribution in [1.29, 1.82) is 0 Å². The molecule has 1 aromatic rings. The molecule has 0 fully saturated rings. The van der Waals surface area contributed by atoms with Gasteiger partial charge in [0.1, 0.15) is 6.54 Å². The van der Waals surface area contributed by atoms with Crippen LogP contribution in [0.1, 0.15) is 23.7 Å². The maximum atomic E-state index is 12.1. The second-order valence-electron chi connectivity index (χ2n) is 3.96. The van der Waals surface area contributed by atoms with Gasteiger partial charge in [-0.1, -0.05) is 19.1 Å². The Morgan fingerprint density at radius 1 is 1.32 bits per heavy atom. The predicted molar refractivity (Wildman–Crippen MR) is 68.5 cm³/mol. The van der Waals surface area contributed by atoms with Crippen molar-refractivity contribution in [2.75, 3.05) is 13.6 Å². The van der Waals surface area contributed by atoms with E-state index >= 15 is 0 Å². The Kier molecular flexibility index (Phi) is 4.79. The molecule has 1 N–H and O–H groups in total. The molecule has 1 aromatic carbocycles. The van der Waals surface area contributed by atoms with Gasteiger partial charge in [0.2, 0.25) is 10.0 Å². The maximum Gasteiger partial charge on any atom is 0.318 e. The molecule has 19 heavy (non-hydrogen) atoms. The van der Waals surface area contributed by atoms with Crippen molar-refractivity contribution in [3.05, 3.63) is 29.8 Å². The number of carboxylic acids is 1. The molecule has 0 radical (unpaired) electrons. The molecule has 6 nitrogen and oxygen atoms in total. The van der Waals surface area contributed by atoms with E-state index in [1.165, 1.54) is 31.3 Å². The van der Waals surface area contributed by atoms with Crippen LogP contribution < -0.4 is 0 Å². The van der Waals surface area contributed by atoms with Crippen LogP contribution in [-0.4, -0.2) is 43.2 Å². The molecule has 1 rings (SSSR count). The van der Waals surface area contributed by atoms with Crippen LogP contribution in [0.3, 0.4) is 0 Å². The fourth-order valence-electron chi connectivity index (χ4n) is 1.49. The van der Waals surface area contributed by atoms with Gasteiger partial charge >= 0.3 is 5.97 Å². The lowest BCUT2D eigenvalue weighted by Gasteiger charge is -2.15. The normalized spacial score (nSPS) is 11.5. The minimum Gasteiger partial charge on any atom is -0.480 e. The van der Waals surface area contributed by atoms with E-state index in [0.717, 1.165) is 4.31 Å². The molecule has 104 valence electrons. The first-order valence-electron chi connectivity index (χ1n) is 5.60. The average Bonchev–Trinajstić information content (AvgIpc) is 2.37. The van der Waals surface area contributed by atoms with Crippen LogP contribution in [-0.2, 0) is 14.8 Å². The van der Waals surface area contributed by atoms with Crippen LogP contribution in [0, 0.1) is 0 Å². The number of rotatable bonds is 6. The number of ketones is 1. The van der Waals surface area contributed by atoms with Crippen LogP contribution in [0.2, 0.25) is 0 Å². The lowest BCUT2D eigenvalue weighted by molar-refractivity contribution is -0.137. The predicted octanol–water partition coefficient (Wildman–Crippen LogP) is 0.984. The monoisotopic (exact) mass is 285 g/mol. The topological polar surface area (TPSA) is 91.8 Å². The van der Waals surface area contributed by atoms with E-state index in [2.05, 4.69) is 0 Å². The van der Waals surface area contributed by atoms with Crippen molar-refractivity contribution in [2.45, 2.75) is 18.2 Å². The van der Waals surface area contributed by atoms with Gasteiger partial charge in [-0.3, -0.25) is 9.59 Å². The highest BCUT2D eigenvalue weighted by molar-refractivity contribution is 7.89. The number of likely N-dealkylation sites (N-methyl/N-ethyl adjacent to an activating group) is 1. The van der Waals surface area contributed by atoms with Gasteiger partial charge in [0.25, 0.3) is 0 Å². The zero-order valence-corrected chi connectivity index (χ0v) is 11.5. The Morgan fingerprint density at radius 3 is 2.47 bits per heavy atom. The van der Waals surface area contributed by atoms with Crippen molar-refractivity contribution in [3.8, 4) is 0 Å². The van der Waals surface area contributed by atoms with Crippen molar-refractivity contribution in [3.63, 3.8) is 0 Å². The lowest BCUT2D eigenvalue weighted by Crippen LogP contribution is -2.32. The summed E-state index contributed by atoms with van der Waals surface area (Å²) in [6.45, 7) is 1.05. The molecule has 0 aliphatic carbocycles. The molecular weight excluding hydrogens is 270 g/mol. The minimum absolute atomic E-state index is 0.0875. The van der Waals surface area contributed by atoms with E-state index < -0.39 is 22.5 Å². The zero-order valence-electron chi connectivity index (χ0n) is 10.7. The number of sulfonamides is 1. The van der Waals surface area contributed by atoms with Gasteiger partial charge in [0, 0.05) is 19.0 Å². The summed E-state index contributed by atoms with van der Waals surface area (Å²) < 4.78 is 24.9. The van der Waals surface area contributed by atoms with Gasteiger partial charge in [-0.15, -0.1) is 0 Å². The van der Waals surface area contributed by atoms with Crippen LogP contribution in [0.15, 0.2) is 29.2 Å². The van der Waals surface area contributed by atoms with Gasteiger partial charge in [-0.05, 0) is 12.1 Å². The SMILES string of the molecule is CCC(=O)c1cccc(S(=O)(=O)N(C)CC(=O)O)c1. The number of hydrogen-bond donors (Lipinski definition) is 1. The molecule has 7 heteroatoms. The van der Waals surface area contributed by atoms with Crippen LogP contribution in [0.5, 0.6) is 0 Å². The number of aliphatic carboxylic acids is 1. The first-order chi connectivity index (χ1) is 8.78. The average molecular weight is 285 g/mol. The summed E-state index contributed by atoms with van der Waals surface area (Å²) in [5.74, 6) is -1.41. The van der Waals surface area contributed by atoms with Gasteiger partial charge in [-0.25, -0.2) is 8.42 Å². The standard InChI is InChI=1S/C12H15NO5S/c1-3-11(14)9-5-4-6-10(7-9)19(17,18)13(2)8-12(15)16/h4-7H,3,8H2,1-2H3,(H,15,16). The highest BCUT2D eigenvalue weighted by atomic mass is 32.2. The van der Waals surface area contributed by atoms with Gasteiger partial charge in [0.15, 0.2) is 5.78 Å². The molecule has 0 saturated heterocycles. The molecule has 0 saturated carbocycles. The number of nitrogens with zero attached hydrogens (tertiary/aromatic N) is 1. The summed E-state index contributed by atoms with van der Waals surface area (Å²) in [5.41, 5.74) is 0.298. The smallest absolute Gasteiger partial charge is 0.318 e. The third-order valence-corrected chi connectivity index (χ3v) is 4.34. The summed E-state index contributed by atoms with van der Waals surface area (Å²) in [6, 6.07) is 5.59. The Morgan fingerprint density at radius 2 is 1.95 bits per heavy atom. The summed E-state index contributed by atoms with van der Waals surface area (Å²) in [7, 11) is -2.72. The van der Waals surface area contributed by atoms with Gasteiger partial charge in [0.05, 0.1) is 4.90 Å². The van der Waals surface area contributed by atoms with Crippen molar-refractivity contribution < 1.29 is 23.1 Å². The second-order valence-corrected chi connectivity index (χ2v) is 6.00. The summed E-state index contributed by atoms with van der Waals surface area (Å²) >= 11 is 0. The number of hydrogen-bond acceptors (Lipinski definition) is 4. The number of benzene rings is 1. The largest absolute Gasteiger partial charge is 0.480 e. The van der Waals surface area contributed by atoms with E-state index in [1.54, 1.807) is 6.92 Å². The quantitative estimate of drug-likeness (QED) is 0.787. The number of carboxylic acid groups (broad SMARTS) is 1. The highest BCUT2D eigenvalue weighted by Crippen LogP contribution is 2.16. The highest BCUT2D eigenvalue weighted by Gasteiger charge is 2.23. The third kappa shape index (κ3) is 3.62. The maximum absolute atomic E-state index is 12.1. The van der Waals surface area contributed by atoms with E-state index in [9.17, 15) is 18.0 Å². The van der Waals surface area contributed by atoms with E-state index in [0.29, 0.717) is 5.56 Å². The Balaban J connectivity index is 3.15. The molecule has 0 bridgehead atoms. The van der Waals surface area contributed by atoms with E-state index in [-0.39, 0.29) is 17.1 Å². The van der Waals surface area contributed by atoms with E-state index in [4.69, 9.17) is 5.11 Å². The third-order valence-electron chi connectivity index (χ3n) is 2.54.